The summed E-state index contributed by atoms with van der Waals surface area (Å²) in [4.78, 5) is 23.8. The Morgan fingerprint density at radius 3 is 2.79 bits per heavy atom. The highest BCUT2D eigenvalue weighted by Crippen LogP contribution is 2.40. The third-order valence-electron chi connectivity index (χ3n) is 3.91. The van der Waals surface area contributed by atoms with E-state index in [1.54, 1.807) is 24.3 Å². The molecule has 1 heterocycles. The summed E-state index contributed by atoms with van der Waals surface area (Å²) in [6.45, 7) is 2.45. The molecule has 1 amide bonds. The van der Waals surface area contributed by atoms with Crippen LogP contribution in [0.5, 0.6) is 17.2 Å². The highest BCUT2D eigenvalue weighted by molar-refractivity contribution is 5.94. The summed E-state index contributed by atoms with van der Waals surface area (Å²) >= 11 is 0. The molecule has 0 aliphatic carbocycles. The Bertz CT molecular complexity index is 889. The lowest BCUT2D eigenvalue weighted by Crippen LogP contribution is -2.20. The number of anilines is 1. The number of rotatable bonds is 6. The van der Waals surface area contributed by atoms with E-state index in [1.807, 2.05) is 25.1 Å². The van der Waals surface area contributed by atoms with Crippen molar-refractivity contribution in [2.45, 2.75) is 6.92 Å². The van der Waals surface area contributed by atoms with E-state index >= 15 is 0 Å². The molecule has 2 aromatic carbocycles. The molecule has 146 valence electrons. The second kappa shape index (κ2) is 8.94. The number of ether oxygens (including phenoxy) is 4. The van der Waals surface area contributed by atoms with Gasteiger partial charge in [0.25, 0.3) is 5.91 Å². The van der Waals surface area contributed by atoms with Crippen molar-refractivity contribution in [2.75, 3.05) is 32.2 Å². The number of amides is 1. The van der Waals surface area contributed by atoms with Crippen LogP contribution in [-0.4, -0.2) is 38.8 Å². The molecule has 0 saturated heterocycles. The Morgan fingerprint density at radius 2 is 2.00 bits per heavy atom. The van der Waals surface area contributed by atoms with Crippen molar-refractivity contribution in [3.63, 3.8) is 0 Å². The van der Waals surface area contributed by atoms with E-state index in [1.165, 1.54) is 13.2 Å². The van der Waals surface area contributed by atoms with E-state index < -0.39 is 11.9 Å². The van der Waals surface area contributed by atoms with Crippen LogP contribution in [0.2, 0.25) is 0 Å². The fraction of sp³-hybridized carbons (Fsp3) is 0.238. The Balaban J connectivity index is 1.56. The first-order valence-corrected chi connectivity index (χ1v) is 8.74. The molecule has 0 fully saturated rings. The van der Waals surface area contributed by atoms with Gasteiger partial charge in [0.15, 0.2) is 18.1 Å². The highest BCUT2D eigenvalue weighted by Gasteiger charge is 2.17. The van der Waals surface area contributed by atoms with Crippen LogP contribution in [0.3, 0.4) is 0 Å². The number of carbonyl (C=O) groups is 2. The van der Waals surface area contributed by atoms with Gasteiger partial charge in [-0.05, 0) is 48.4 Å². The van der Waals surface area contributed by atoms with Crippen molar-refractivity contribution in [3.8, 4) is 17.2 Å². The number of carbonyl (C=O) groups excluding carboxylic acids is 2. The molecule has 0 atom stereocenters. The number of esters is 1. The smallest absolute Gasteiger partial charge is 0.331 e. The van der Waals surface area contributed by atoms with Crippen molar-refractivity contribution < 1.29 is 28.5 Å². The van der Waals surface area contributed by atoms with Gasteiger partial charge in [-0.15, -0.1) is 0 Å². The minimum absolute atomic E-state index is 0.373. The fourth-order valence-electron chi connectivity index (χ4n) is 2.66. The lowest BCUT2D eigenvalue weighted by Gasteiger charge is -2.20. The first kappa shape index (κ1) is 19.3. The molecule has 3 rings (SSSR count). The van der Waals surface area contributed by atoms with Gasteiger partial charge in [0.1, 0.15) is 13.2 Å². The van der Waals surface area contributed by atoms with Crippen molar-refractivity contribution in [1.29, 1.82) is 0 Å². The van der Waals surface area contributed by atoms with Gasteiger partial charge >= 0.3 is 5.97 Å². The van der Waals surface area contributed by atoms with E-state index in [4.69, 9.17) is 18.9 Å². The largest absolute Gasteiger partial charge is 0.493 e. The van der Waals surface area contributed by atoms with Crippen molar-refractivity contribution in [3.05, 3.63) is 53.6 Å². The van der Waals surface area contributed by atoms with Crippen molar-refractivity contribution in [1.82, 2.24) is 0 Å². The second-order valence-corrected chi connectivity index (χ2v) is 6.11. The van der Waals surface area contributed by atoms with Gasteiger partial charge in [0.2, 0.25) is 5.75 Å². The van der Waals surface area contributed by atoms with Gasteiger partial charge in [-0.1, -0.05) is 12.1 Å². The number of aryl methyl sites for hydroxylation is 1. The summed E-state index contributed by atoms with van der Waals surface area (Å²) in [7, 11) is 1.53. The topological polar surface area (TPSA) is 83.1 Å². The molecule has 0 aromatic heterocycles. The molecule has 0 unspecified atom stereocenters. The monoisotopic (exact) mass is 383 g/mol. The van der Waals surface area contributed by atoms with E-state index in [0.29, 0.717) is 41.7 Å². The van der Waals surface area contributed by atoms with Gasteiger partial charge < -0.3 is 24.3 Å². The molecule has 28 heavy (non-hydrogen) atoms. The SMILES string of the molecule is COc1cc(/C=C/C(=O)OCC(=O)Nc2cccc(C)c2)cc2c1OCCO2. The van der Waals surface area contributed by atoms with Crippen LogP contribution in [-0.2, 0) is 14.3 Å². The van der Waals surface area contributed by atoms with Crippen LogP contribution in [0.15, 0.2) is 42.5 Å². The second-order valence-electron chi connectivity index (χ2n) is 6.11. The predicted molar refractivity (Wildman–Crippen MR) is 104 cm³/mol. The molecule has 0 spiro atoms. The van der Waals surface area contributed by atoms with Gasteiger partial charge in [-0.25, -0.2) is 4.79 Å². The summed E-state index contributed by atoms with van der Waals surface area (Å²) in [6.07, 6.45) is 2.80. The molecule has 7 nitrogen and oxygen atoms in total. The first-order chi connectivity index (χ1) is 13.5. The summed E-state index contributed by atoms with van der Waals surface area (Å²) in [5, 5.41) is 2.67. The number of hydrogen-bond donors (Lipinski definition) is 1. The van der Waals surface area contributed by atoms with Crippen LogP contribution < -0.4 is 19.5 Å². The first-order valence-electron chi connectivity index (χ1n) is 8.74. The minimum atomic E-state index is -0.631. The van der Waals surface area contributed by atoms with Crippen molar-refractivity contribution in [2.24, 2.45) is 0 Å². The lowest BCUT2D eigenvalue weighted by molar-refractivity contribution is -0.142. The minimum Gasteiger partial charge on any atom is -0.493 e. The van der Waals surface area contributed by atoms with E-state index in [0.717, 1.165) is 5.56 Å². The number of methoxy groups -OCH3 is 1. The summed E-state index contributed by atoms with van der Waals surface area (Å²) in [5.41, 5.74) is 2.36. The molecular weight excluding hydrogens is 362 g/mol. The van der Waals surface area contributed by atoms with E-state index in [2.05, 4.69) is 5.32 Å². The molecule has 2 aromatic rings. The van der Waals surface area contributed by atoms with Gasteiger partial charge in [-0.2, -0.15) is 0 Å². The van der Waals surface area contributed by atoms with Crippen LogP contribution in [0.25, 0.3) is 6.08 Å². The third-order valence-corrected chi connectivity index (χ3v) is 3.91. The Labute approximate surface area is 162 Å². The van der Waals surface area contributed by atoms with E-state index in [-0.39, 0.29) is 6.61 Å². The lowest BCUT2D eigenvalue weighted by atomic mass is 10.1. The Hall–Kier alpha value is -3.48. The van der Waals surface area contributed by atoms with Crippen LogP contribution in [0.4, 0.5) is 5.69 Å². The average molecular weight is 383 g/mol. The number of benzene rings is 2. The Morgan fingerprint density at radius 1 is 1.18 bits per heavy atom. The zero-order valence-electron chi connectivity index (χ0n) is 15.7. The quantitative estimate of drug-likeness (QED) is 0.610. The number of hydrogen-bond acceptors (Lipinski definition) is 6. The maximum atomic E-state index is 11.9. The number of nitrogens with one attached hydrogen (secondary N) is 1. The molecule has 1 aliphatic rings. The predicted octanol–water partition coefficient (Wildman–Crippen LogP) is 2.97. The zero-order chi connectivity index (χ0) is 19.9. The zero-order valence-corrected chi connectivity index (χ0v) is 15.7. The maximum absolute atomic E-state index is 11.9. The Kier molecular flexibility index (Phi) is 6.16. The van der Waals surface area contributed by atoms with Gasteiger partial charge in [0.05, 0.1) is 7.11 Å². The summed E-state index contributed by atoms with van der Waals surface area (Å²) in [6, 6.07) is 10.8. The third kappa shape index (κ3) is 5.03. The van der Waals surface area contributed by atoms with Crippen LogP contribution in [0.1, 0.15) is 11.1 Å². The van der Waals surface area contributed by atoms with Gasteiger partial charge in [0, 0.05) is 11.8 Å². The molecule has 1 aliphatic heterocycles. The normalized spacial score (nSPS) is 12.5. The average Bonchev–Trinajstić information content (AvgIpc) is 2.70. The molecule has 0 saturated carbocycles. The summed E-state index contributed by atoms with van der Waals surface area (Å²) in [5.74, 6) is 0.571. The fourth-order valence-corrected chi connectivity index (χ4v) is 2.66. The molecule has 1 N–H and O–H groups in total. The van der Waals surface area contributed by atoms with E-state index in [9.17, 15) is 9.59 Å². The van der Waals surface area contributed by atoms with Crippen LogP contribution in [0, 0.1) is 6.92 Å². The number of fused-ring (bicyclic) bond motifs is 1. The molecule has 0 bridgehead atoms. The standard InChI is InChI=1S/C21H21NO6/c1-14-4-3-5-16(10-14)22-19(23)13-28-20(24)7-6-15-11-17(25-2)21-18(12-15)26-8-9-27-21/h3-7,10-12H,8-9,13H2,1-2H3,(H,22,23)/b7-6+. The highest BCUT2D eigenvalue weighted by atomic mass is 16.6. The molecule has 7 heteroatoms. The van der Waals surface area contributed by atoms with Crippen molar-refractivity contribution >= 4 is 23.6 Å². The molecule has 0 radical (unpaired) electrons. The maximum Gasteiger partial charge on any atom is 0.331 e. The summed E-state index contributed by atoms with van der Waals surface area (Å²) < 4.78 is 21.4. The molecular formula is C21H21NO6. The van der Waals surface area contributed by atoms with Gasteiger partial charge in [-0.3, -0.25) is 4.79 Å². The van der Waals surface area contributed by atoms with Crippen LogP contribution >= 0.6 is 0 Å².